The molecule has 0 heterocycles. The molecule has 0 saturated heterocycles. The molecule has 126 valence electrons. The third-order valence-corrected chi connectivity index (χ3v) is 3.70. The largest absolute Gasteiger partial charge is 0.478 e. The zero-order chi connectivity index (χ0) is 17.7. The van der Waals surface area contributed by atoms with E-state index in [1.54, 1.807) is 12.1 Å². The molecule has 2 aromatic rings. The molecule has 2 N–H and O–H groups in total. The van der Waals surface area contributed by atoms with Crippen molar-refractivity contribution in [3.05, 3.63) is 70.3 Å². The molecule has 0 spiro atoms. The maximum Gasteiger partial charge on any atom is 0.335 e. The Balaban J connectivity index is 2.22. The molecule has 1 atom stereocenters. The predicted octanol–water partition coefficient (Wildman–Crippen LogP) is 3.01. The lowest BCUT2D eigenvalue weighted by Gasteiger charge is -2.18. The molecule has 0 aliphatic rings. The zero-order valence-corrected chi connectivity index (χ0v) is 14.0. The number of carbonyl (C=O) groups excluding carboxylic acids is 1. The highest BCUT2D eigenvalue weighted by Crippen LogP contribution is 2.19. The van der Waals surface area contributed by atoms with Gasteiger partial charge in [0.1, 0.15) is 6.04 Å². The van der Waals surface area contributed by atoms with Gasteiger partial charge >= 0.3 is 11.9 Å². The van der Waals surface area contributed by atoms with Crippen LogP contribution in [0.2, 0.25) is 0 Å². The number of hydrogen-bond donors (Lipinski definition) is 2. The second-order valence-corrected chi connectivity index (χ2v) is 5.76. The van der Waals surface area contributed by atoms with Gasteiger partial charge in [0, 0.05) is 6.54 Å². The van der Waals surface area contributed by atoms with Crippen LogP contribution in [0.3, 0.4) is 0 Å². The Morgan fingerprint density at radius 1 is 1.12 bits per heavy atom. The van der Waals surface area contributed by atoms with E-state index in [1.807, 2.05) is 38.1 Å². The first-order chi connectivity index (χ1) is 11.4. The Morgan fingerprint density at radius 3 is 2.38 bits per heavy atom. The van der Waals surface area contributed by atoms with Crippen molar-refractivity contribution in [2.45, 2.75) is 26.4 Å². The van der Waals surface area contributed by atoms with Gasteiger partial charge in [0.25, 0.3) is 0 Å². The van der Waals surface area contributed by atoms with Gasteiger partial charge in [0.05, 0.1) is 12.7 Å². The second kappa shape index (κ2) is 7.75. The normalized spacial score (nSPS) is 11.8. The smallest absolute Gasteiger partial charge is 0.335 e. The molecule has 0 radical (unpaired) electrons. The summed E-state index contributed by atoms with van der Waals surface area (Å²) in [5, 5.41) is 12.2. The molecule has 0 aliphatic heterocycles. The molecule has 5 nitrogen and oxygen atoms in total. The average Bonchev–Trinajstić information content (AvgIpc) is 2.54. The summed E-state index contributed by atoms with van der Waals surface area (Å²) in [6.45, 7) is 4.30. The highest BCUT2D eigenvalue weighted by molar-refractivity contribution is 5.87. The molecular weight excluding hydrogens is 306 g/mol. The molecule has 0 saturated carbocycles. The number of nitrogens with one attached hydrogen (secondary N) is 1. The van der Waals surface area contributed by atoms with Crippen molar-refractivity contribution in [1.29, 1.82) is 0 Å². The number of carboxylic acid groups (broad SMARTS) is 1. The topological polar surface area (TPSA) is 75.6 Å². The molecule has 5 heteroatoms. The summed E-state index contributed by atoms with van der Waals surface area (Å²) < 4.78 is 4.90. The van der Waals surface area contributed by atoms with Crippen molar-refractivity contribution in [3.63, 3.8) is 0 Å². The van der Waals surface area contributed by atoms with E-state index < -0.39 is 12.0 Å². The highest BCUT2D eigenvalue weighted by Gasteiger charge is 2.21. The number of esters is 1. The minimum absolute atomic E-state index is 0.218. The predicted molar refractivity (Wildman–Crippen MR) is 90.9 cm³/mol. The first-order valence-electron chi connectivity index (χ1n) is 7.62. The molecular formula is C19H21NO4. The molecule has 0 bridgehead atoms. The van der Waals surface area contributed by atoms with Crippen LogP contribution in [0.1, 0.15) is 38.7 Å². The number of aryl methyl sites for hydroxylation is 2. The second-order valence-electron chi connectivity index (χ2n) is 5.76. The molecule has 2 aromatic carbocycles. The first-order valence-corrected chi connectivity index (χ1v) is 7.62. The van der Waals surface area contributed by atoms with Gasteiger partial charge in [-0.05, 0) is 37.1 Å². The number of aromatic carboxylic acids is 1. The van der Waals surface area contributed by atoms with Gasteiger partial charge in [-0.2, -0.15) is 0 Å². The van der Waals surface area contributed by atoms with Crippen molar-refractivity contribution in [2.24, 2.45) is 0 Å². The lowest BCUT2D eigenvalue weighted by molar-refractivity contribution is -0.143. The standard InChI is InChI=1S/C19H21NO4/c1-12-7-13(2)9-16(8-12)17(19(23)24-3)20-11-14-5-4-6-15(10-14)18(21)22/h4-10,17,20H,11H2,1-3H3,(H,21,22). The summed E-state index contributed by atoms with van der Waals surface area (Å²) >= 11 is 0. The minimum atomic E-state index is -0.976. The van der Waals surface area contributed by atoms with Crippen LogP contribution in [0.5, 0.6) is 0 Å². The number of hydrogen-bond acceptors (Lipinski definition) is 4. The fourth-order valence-corrected chi connectivity index (χ4v) is 2.67. The Labute approximate surface area is 141 Å². The SMILES string of the molecule is COC(=O)C(NCc1cccc(C(=O)O)c1)c1cc(C)cc(C)c1. The van der Waals surface area contributed by atoms with E-state index in [4.69, 9.17) is 9.84 Å². The van der Waals surface area contributed by atoms with Crippen molar-refractivity contribution in [2.75, 3.05) is 7.11 Å². The number of methoxy groups -OCH3 is 1. The minimum Gasteiger partial charge on any atom is -0.478 e. The Morgan fingerprint density at radius 2 is 1.79 bits per heavy atom. The van der Waals surface area contributed by atoms with Crippen LogP contribution < -0.4 is 5.32 Å². The van der Waals surface area contributed by atoms with Crippen molar-refractivity contribution < 1.29 is 19.4 Å². The van der Waals surface area contributed by atoms with E-state index in [0.717, 1.165) is 22.3 Å². The average molecular weight is 327 g/mol. The van der Waals surface area contributed by atoms with Gasteiger partial charge in [-0.15, -0.1) is 0 Å². The van der Waals surface area contributed by atoms with E-state index in [1.165, 1.54) is 13.2 Å². The van der Waals surface area contributed by atoms with Crippen LogP contribution >= 0.6 is 0 Å². The van der Waals surface area contributed by atoms with Gasteiger partial charge in [-0.25, -0.2) is 9.59 Å². The number of benzene rings is 2. The van der Waals surface area contributed by atoms with E-state index in [-0.39, 0.29) is 11.5 Å². The molecule has 0 amide bonds. The molecule has 2 rings (SSSR count). The van der Waals surface area contributed by atoms with E-state index in [9.17, 15) is 9.59 Å². The quantitative estimate of drug-likeness (QED) is 0.798. The Bertz CT molecular complexity index is 735. The lowest BCUT2D eigenvalue weighted by atomic mass is 10.0. The summed E-state index contributed by atoms with van der Waals surface area (Å²) in [5.41, 5.74) is 3.96. The summed E-state index contributed by atoms with van der Waals surface area (Å²) in [4.78, 5) is 23.2. The summed E-state index contributed by atoms with van der Waals surface area (Å²) in [5.74, 6) is -1.36. The number of carbonyl (C=O) groups is 2. The monoisotopic (exact) mass is 327 g/mol. The number of carboxylic acids is 1. The van der Waals surface area contributed by atoms with Crippen LogP contribution in [-0.4, -0.2) is 24.2 Å². The lowest BCUT2D eigenvalue weighted by Crippen LogP contribution is -2.29. The van der Waals surface area contributed by atoms with Crippen LogP contribution in [-0.2, 0) is 16.1 Å². The third kappa shape index (κ3) is 4.43. The van der Waals surface area contributed by atoms with Gasteiger partial charge in [-0.1, -0.05) is 41.5 Å². The summed E-state index contributed by atoms with van der Waals surface area (Å²) in [7, 11) is 1.35. The van der Waals surface area contributed by atoms with Crippen LogP contribution in [0.15, 0.2) is 42.5 Å². The Hall–Kier alpha value is -2.66. The maximum absolute atomic E-state index is 12.2. The van der Waals surface area contributed by atoms with Crippen LogP contribution in [0.25, 0.3) is 0 Å². The van der Waals surface area contributed by atoms with E-state index in [2.05, 4.69) is 5.32 Å². The van der Waals surface area contributed by atoms with Gasteiger partial charge < -0.3 is 9.84 Å². The third-order valence-electron chi connectivity index (χ3n) is 3.70. The first kappa shape index (κ1) is 17.7. The molecule has 1 unspecified atom stereocenters. The number of rotatable bonds is 6. The van der Waals surface area contributed by atoms with Crippen molar-refractivity contribution >= 4 is 11.9 Å². The molecule has 0 aromatic heterocycles. The van der Waals surface area contributed by atoms with Gasteiger partial charge in [0.15, 0.2) is 0 Å². The zero-order valence-electron chi connectivity index (χ0n) is 14.0. The molecule has 24 heavy (non-hydrogen) atoms. The van der Waals surface area contributed by atoms with E-state index in [0.29, 0.717) is 6.54 Å². The summed E-state index contributed by atoms with van der Waals surface area (Å²) in [6, 6.07) is 11.9. The van der Waals surface area contributed by atoms with Crippen molar-refractivity contribution in [1.82, 2.24) is 5.32 Å². The van der Waals surface area contributed by atoms with Gasteiger partial charge in [0.2, 0.25) is 0 Å². The van der Waals surface area contributed by atoms with E-state index >= 15 is 0 Å². The molecule has 0 aliphatic carbocycles. The fourth-order valence-electron chi connectivity index (χ4n) is 2.67. The Kier molecular flexibility index (Phi) is 5.71. The van der Waals surface area contributed by atoms with Crippen LogP contribution in [0, 0.1) is 13.8 Å². The van der Waals surface area contributed by atoms with Gasteiger partial charge in [-0.3, -0.25) is 5.32 Å². The van der Waals surface area contributed by atoms with Crippen LogP contribution in [0.4, 0.5) is 0 Å². The highest BCUT2D eigenvalue weighted by atomic mass is 16.5. The summed E-state index contributed by atoms with van der Waals surface area (Å²) in [6.07, 6.45) is 0. The maximum atomic E-state index is 12.2. The molecule has 0 fully saturated rings. The fraction of sp³-hybridized carbons (Fsp3) is 0.263. The van der Waals surface area contributed by atoms with Crippen molar-refractivity contribution in [3.8, 4) is 0 Å². The number of ether oxygens (including phenoxy) is 1.